The average molecular weight is 653 g/mol. The number of likely N-dealkylation sites (tertiary alicyclic amines) is 2. The van der Waals surface area contributed by atoms with E-state index in [1.54, 1.807) is 11.1 Å². The molecule has 2 aliphatic rings. The van der Waals surface area contributed by atoms with E-state index in [0.29, 0.717) is 0 Å². The Morgan fingerprint density at radius 2 is 0.612 bits per heavy atom. The molecule has 0 N–H and O–H groups in total. The number of piperidine rings is 2. The van der Waals surface area contributed by atoms with Crippen molar-refractivity contribution in [3.05, 3.63) is 155 Å². The summed E-state index contributed by atoms with van der Waals surface area (Å²) in [5.41, 5.74) is 11.7. The van der Waals surface area contributed by atoms with Gasteiger partial charge in [0.1, 0.15) is 0 Å². The van der Waals surface area contributed by atoms with E-state index < -0.39 is 0 Å². The monoisotopic (exact) mass is 652 g/mol. The van der Waals surface area contributed by atoms with Crippen LogP contribution in [0.4, 0.5) is 0 Å². The van der Waals surface area contributed by atoms with Crippen molar-refractivity contribution in [2.24, 2.45) is 0 Å². The molecule has 2 aliphatic heterocycles. The Labute approximate surface area is 298 Å². The molecule has 4 aromatic carbocycles. The van der Waals surface area contributed by atoms with Crippen molar-refractivity contribution in [1.29, 1.82) is 0 Å². The molecule has 2 heteroatoms. The lowest BCUT2D eigenvalue weighted by Crippen LogP contribution is -2.49. The summed E-state index contributed by atoms with van der Waals surface area (Å²) in [6, 6.07) is 44.3. The second-order valence-corrected chi connectivity index (χ2v) is 15.5. The largest absolute Gasteiger partial charge is 0.326 e. The van der Waals surface area contributed by atoms with E-state index in [-0.39, 0.29) is 0 Å². The highest BCUT2D eigenvalue weighted by molar-refractivity contribution is 5.83. The lowest BCUT2D eigenvalue weighted by atomic mass is 9.88. The van der Waals surface area contributed by atoms with Crippen LogP contribution in [0.15, 0.2) is 132 Å². The first kappa shape index (κ1) is 35.1. The van der Waals surface area contributed by atoms with Crippen molar-refractivity contribution in [3.8, 4) is 0 Å². The first-order valence-corrected chi connectivity index (χ1v) is 19.3. The van der Waals surface area contributed by atoms with Gasteiger partial charge < -0.3 is 8.97 Å². The van der Waals surface area contributed by atoms with Crippen LogP contribution >= 0.6 is 0 Å². The highest BCUT2D eigenvalue weighted by atomic mass is 15.3. The van der Waals surface area contributed by atoms with Crippen LogP contribution in [-0.4, -0.2) is 62.3 Å². The molecule has 0 radical (unpaired) electrons. The minimum Gasteiger partial charge on any atom is -0.326 e. The number of hydrogen-bond acceptors (Lipinski definition) is 0. The Hall–Kier alpha value is -3.72. The fourth-order valence-electron chi connectivity index (χ4n) is 8.48. The minimum absolute atomic E-state index is 1.21. The van der Waals surface area contributed by atoms with Gasteiger partial charge in [-0.3, -0.25) is 0 Å². The van der Waals surface area contributed by atoms with Crippen molar-refractivity contribution in [2.45, 2.75) is 70.6 Å². The standard InChI is InChI=1S/C47H60N2/c1-48(36-30-44(31-37-48)46(40-22-12-8-13-23-40)41-24-14-9-15-25-41)34-20-6-4-3-5-7-21-35-49(2)38-32-45(33-39-49)47(42-26-16-10-17-27-42)43-28-18-11-19-29-43/h8-19,22-29H,3-7,20-21,30-39H2,1-2H3/q+2. The van der Waals surface area contributed by atoms with Gasteiger partial charge in [-0.15, -0.1) is 0 Å². The van der Waals surface area contributed by atoms with E-state index in [4.69, 9.17) is 0 Å². The predicted octanol–water partition coefficient (Wildman–Crippen LogP) is 11.2. The lowest BCUT2D eigenvalue weighted by molar-refractivity contribution is -0.912. The number of unbranched alkanes of at least 4 members (excludes halogenated alkanes) is 6. The molecule has 0 saturated carbocycles. The molecule has 0 unspecified atom stereocenters. The Kier molecular flexibility index (Phi) is 12.4. The summed E-state index contributed by atoms with van der Waals surface area (Å²) in [5.74, 6) is 0. The topological polar surface area (TPSA) is 0 Å². The molecule has 256 valence electrons. The van der Waals surface area contributed by atoms with Crippen LogP contribution in [0.25, 0.3) is 11.1 Å². The van der Waals surface area contributed by atoms with Crippen LogP contribution in [0.5, 0.6) is 0 Å². The third-order valence-corrected chi connectivity index (χ3v) is 11.7. The van der Waals surface area contributed by atoms with Gasteiger partial charge in [-0.2, -0.15) is 0 Å². The van der Waals surface area contributed by atoms with Crippen LogP contribution < -0.4 is 0 Å². The molecule has 0 atom stereocenters. The average Bonchev–Trinajstić information content (AvgIpc) is 3.15. The fraction of sp³-hybridized carbons (Fsp3) is 0.404. The summed E-state index contributed by atoms with van der Waals surface area (Å²) < 4.78 is 2.48. The molecule has 0 spiro atoms. The third-order valence-electron chi connectivity index (χ3n) is 11.7. The maximum Gasteiger partial charge on any atom is 0.0822 e. The van der Waals surface area contributed by atoms with E-state index in [1.807, 2.05) is 0 Å². The minimum atomic E-state index is 1.21. The van der Waals surface area contributed by atoms with Gasteiger partial charge in [-0.25, -0.2) is 0 Å². The highest BCUT2D eigenvalue weighted by Gasteiger charge is 2.30. The molecule has 2 fully saturated rings. The predicted molar refractivity (Wildman–Crippen MR) is 210 cm³/mol. The number of benzene rings is 4. The fourth-order valence-corrected chi connectivity index (χ4v) is 8.48. The zero-order valence-electron chi connectivity index (χ0n) is 30.5. The van der Waals surface area contributed by atoms with Crippen LogP contribution in [0.2, 0.25) is 0 Å². The quantitative estimate of drug-likeness (QED) is 0.0939. The van der Waals surface area contributed by atoms with Crippen molar-refractivity contribution >= 4 is 11.1 Å². The Morgan fingerprint density at radius 1 is 0.367 bits per heavy atom. The summed E-state index contributed by atoms with van der Waals surface area (Å²) in [6.07, 6.45) is 14.6. The molecule has 2 nitrogen and oxygen atoms in total. The summed E-state index contributed by atoms with van der Waals surface area (Å²) in [7, 11) is 5.02. The smallest absolute Gasteiger partial charge is 0.0822 e. The van der Waals surface area contributed by atoms with Gasteiger partial charge in [0.15, 0.2) is 0 Å². The number of nitrogens with zero attached hydrogens (tertiary/aromatic N) is 2. The Morgan fingerprint density at radius 3 is 0.878 bits per heavy atom. The van der Waals surface area contributed by atoms with E-state index in [9.17, 15) is 0 Å². The Balaban J connectivity index is 0.888. The van der Waals surface area contributed by atoms with Gasteiger partial charge in [0.05, 0.1) is 53.4 Å². The van der Waals surface area contributed by atoms with Gasteiger partial charge in [0.2, 0.25) is 0 Å². The maximum atomic E-state index is 2.51. The van der Waals surface area contributed by atoms with E-state index in [2.05, 4.69) is 135 Å². The summed E-state index contributed by atoms with van der Waals surface area (Å²) in [6.45, 7) is 7.75. The second-order valence-electron chi connectivity index (χ2n) is 15.5. The summed E-state index contributed by atoms with van der Waals surface area (Å²) >= 11 is 0. The molecule has 49 heavy (non-hydrogen) atoms. The van der Waals surface area contributed by atoms with Crippen molar-refractivity contribution < 1.29 is 8.97 Å². The molecule has 6 rings (SSSR count). The maximum absolute atomic E-state index is 2.51. The molecule has 2 saturated heterocycles. The van der Waals surface area contributed by atoms with Crippen LogP contribution in [0.3, 0.4) is 0 Å². The summed E-state index contributed by atoms with van der Waals surface area (Å²) in [4.78, 5) is 0. The van der Waals surface area contributed by atoms with Gasteiger partial charge in [-0.1, -0.05) is 152 Å². The van der Waals surface area contributed by atoms with E-state index >= 15 is 0 Å². The van der Waals surface area contributed by atoms with Gasteiger partial charge in [0.25, 0.3) is 0 Å². The highest BCUT2D eigenvalue weighted by Crippen LogP contribution is 2.35. The molecule has 4 aromatic rings. The normalized spacial score (nSPS) is 21.0. The van der Waals surface area contributed by atoms with Crippen LogP contribution in [-0.2, 0) is 0 Å². The van der Waals surface area contributed by atoms with Crippen LogP contribution in [0, 0.1) is 0 Å². The number of rotatable bonds is 14. The Bertz CT molecular complexity index is 1410. The van der Waals surface area contributed by atoms with Gasteiger partial charge in [0, 0.05) is 25.7 Å². The van der Waals surface area contributed by atoms with Crippen LogP contribution in [0.1, 0.15) is 92.9 Å². The first-order chi connectivity index (χ1) is 24.0. The molecule has 0 aromatic heterocycles. The van der Waals surface area contributed by atoms with Gasteiger partial charge in [-0.05, 0) is 59.1 Å². The molecule has 0 aliphatic carbocycles. The number of hydrogen-bond donors (Lipinski definition) is 0. The lowest BCUT2D eigenvalue weighted by Gasteiger charge is -2.39. The zero-order valence-corrected chi connectivity index (χ0v) is 30.5. The van der Waals surface area contributed by atoms with Gasteiger partial charge >= 0.3 is 0 Å². The SMILES string of the molecule is C[N+]1(CCCCCCCCC[N+]2(C)CCC(=C(c3ccccc3)c3ccccc3)CC2)CCC(=C(c2ccccc2)c2ccccc2)CC1. The molecular formula is C47H60N2+2. The van der Waals surface area contributed by atoms with E-state index in [1.165, 1.54) is 152 Å². The zero-order chi connectivity index (χ0) is 33.8. The van der Waals surface area contributed by atoms with Crippen molar-refractivity contribution in [3.63, 3.8) is 0 Å². The second kappa shape index (κ2) is 17.3. The van der Waals surface area contributed by atoms with Crippen molar-refractivity contribution in [2.75, 3.05) is 53.4 Å². The molecule has 2 heterocycles. The molecular weight excluding hydrogens is 593 g/mol. The van der Waals surface area contributed by atoms with E-state index in [0.717, 1.165) is 0 Å². The molecule has 0 bridgehead atoms. The number of quaternary nitrogens is 2. The molecule has 0 amide bonds. The third kappa shape index (κ3) is 9.71. The summed E-state index contributed by atoms with van der Waals surface area (Å²) in [5, 5.41) is 0. The first-order valence-electron chi connectivity index (χ1n) is 19.3. The van der Waals surface area contributed by atoms with Crippen molar-refractivity contribution in [1.82, 2.24) is 0 Å².